The first-order valence-corrected chi connectivity index (χ1v) is 6.73. The Morgan fingerprint density at radius 3 is 2.89 bits per heavy atom. The van der Waals surface area contributed by atoms with Crippen molar-refractivity contribution in [1.82, 2.24) is 15.1 Å². The molecule has 0 aliphatic carbocycles. The zero-order chi connectivity index (χ0) is 12.4. The Hall–Kier alpha value is -1.31. The summed E-state index contributed by atoms with van der Waals surface area (Å²) in [6.45, 7) is 1.88. The van der Waals surface area contributed by atoms with Crippen molar-refractivity contribution in [3.8, 4) is 10.7 Å². The second-order valence-electron chi connectivity index (χ2n) is 4.39. The van der Waals surface area contributed by atoms with Crippen LogP contribution in [0.25, 0.3) is 10.7 Å². The number of aromatic nitrogens is 3. The highest BCUT2D eigenvalue weighted by Crippen LogP contribution is 2.34. The minimum absolute atomic E-state index is 0.228. The highest BCUT2D eigenvalue weighted by atomic mass is 32.1. The van der Waals surface area contributed by atoms with Crippen LogP contribution in [-0.4, -0.2) is 34.9 Å². The lowest BCUT2D eigenvalue weighted by atomic mass is 9.80. The minimum Gasteiger partial charge on any atom is -0.381 e. The van der Waals surface area contributed by atoms with E-state index in [4.69, 9.17) is 15.0 Å². The van der Waals surface area contributed by atoms with E-state index in [0.717, 1.165) is 17.7 Å². The number of hydrogen-bond donors (Lipinski definition) is 1. The zero-order valence-electron chi connectivity index (χ0n) is 9.83. The first-order chi connectivity index (χ1) is 8.84. The Labute approximate surface area is 108 Å². The maximum atomic E-state index is 5.91. The molecule has 96 valence electrons. The Morgan fingerprint density at radius 1 is 1.39 bits per heavy atom. The first kappa shape index (κ1) is 11.8. The molecule has 3 heterocycles. The molecule has 0 amide bonds. The van der Waals surface area contributed by atoms with Crippen molar-refractivity contribution in [2.45, 2.75) is 18.3 Å². The summed E-state index contributed by atoms with van der Waals surface area (Å²) in [5.74, 6) is 1.21. The summed E-state index contributed by atoms with van der Waals surface area (Å²) in [4.78, 5) is 9.39. The van der Waals surface area contributed by atoms with E-state index in [1.165, 1.54) is 11.3 Å². The van der Waals surface area contributed by atoms with Crippen LogP contribution in [0.5, 0.6) is 0 Å². The van der Waals surface area contributed by atoms with E-state index < -0.39 is 0 Å². The van der Waals surface area contributed by atoms with Crippen LogP contribution in [0.2, 0.25) is 0 Å². The average Bonchev–Trinajstić information content (AvgIpc) is 3.10. The third kappa shape index (κ3) is 1.94. The molecule has 7 heteroatoms. The first-order valence-electron chi connectivity index (χ1n) is 5.85. The second kappa shape index (κ2) is 4.75. The SMILES string of the molecule is NCC1(c2nc(-c3cncs3)no2)CCOCC1. The van der Waals surface area contributed by atoms with Crippen LogP contribution >= 0.6 is 11.3 Å². The fourth-order valence-electron chi connectivity index (χ4n) is 2.13. The molecule has 0 saturated carbocycles. The maximum absolute atomic E-state index is 5.91. The van der Waals surface area contributed by atoms with Crippen LogP contribution in [-0.2, 0) is 10.2 Å². The molecule has 1 saturated heterocycles. The van der Waals surface area contributed by atoms with Crippen molar-refractivity contribution in [2.75, 3.05) is 19.8 Å². The molecule has 1 aliphatic heterocycles. The lowest BCUT2D eigenvalue weighted by Gasteiger charge is -2.32. The molecule has 1 fully saturated rings. The van der Waals surface area contributed by atoms with E-state index in [1.54, 1.807) is 11.7 Å². The lowest BCUT2D eigenvalue weighted by molar-refractivity contribution is 0.0409. The third-order valence-corrected chi connectivity index (χ3v) is 4.14. The predicted molar refractivity (Wildman–Crippen MR) is 66.2 cm³/mol. The molecule has 0 aromatic carbocycles. The van der Waals surface area contributed by atoms with Gasteiger partial charge in [-0.3, -0.25) is 4.98 Å². The molecular formula is C11H14N4O2S. The van der Waals surface area contributed by atoms with Crippen LogP contribution < -0.4 is 5.73 Å². The van der Waals surface area contributed by atoms with Crippen molar-refractivity contribution < 1.29 is 9.26 Å². The Balaban J connectivity index is 1.92. The van der Waals surface area contributed by atoms with Gasteiger partial charge in [0, 0.05) is 26.0 Å². The van der Waals surface area contributed by atoms with Crippen molar-refractivity contribution in [1.29, 1.82) is 0 Å². The van der Waals surface area contributed by atoms with Crippen LogP contribution in [0.4, 0.5) is 0 Å². The minimum atomic E-state index is -0.228. The second-order valence-corrected chi connectivity index (χ2v) is 5.27. The molecule has 0 atom stereocenters. The molecule has 18 heavy (non-hydrogen) atoms. The summed E-state index contributed by atoms with van der Waals surface area (Å²) < 4.78 is 10.8. The van der Waals surface area contributed by atoms with Gasteiger partial charge in [-0.15, -0.1) is 11.3 Å². The van der Waals surface area contributed by atoms with E-state index in [1.807, 2.05) is 0 Å². The zero-order valence-corrected chi connectivity index (χ0v) is 10.7. The van der Waals surface area contributed by atoms with E-state index in [2.05, 4.69) is 15.1 Å². The fraction of sp³-hybridized carbons (Fsp3) is 0.545. The molecule has 2 aromatic heterocycles. The van der Waals surface area contributed by atoms with Gasteiger partial charge in [0.2, 0.25) is 11.7 Å². The van der Waals surface area contributed by atoms with Crippen LogP contribution in [0.15, 0.2) is 16.2 Å². The monoisotopic (exact) mass is 266 g/mol. The van der Waals surface area contributed by atoms with Crippen LogP contribution in [0.3, 0.4) is 0 Å². The highest BCUT2D eigenvalue weighted by Gasteiger charge is 2.38. The molecule has 0 bridgehead atoms. The van der Waals surface area contributed by atoms with Gasteiger partial charge in [-0.1, -0.05) is 5.16 Å². The van der Waals surface area contributed by atoms with E-state index >= 15 is 0 Å². The average molecular weight is 266 g/mol. The number of rotatable bonds is 3. The molecule has 3 rings (SSSR count). The molecule has 2 aromatic rings. The summed E-state index contributed by atoms with van der Waals surface area (Å²) in [7, 11) is 0. The maximum Gasteiger partial charge on any atom is 0.234 e. The summed E-state index contributed by atoms with van der Waals surface area (Å²) in [5, 5.41) is 4.01. The Kier molecular flexibility index (Phi) is 3.11. The van der Waals surface area contributed by atoms with Crippen molar-refractivity contribution in [3.05, 3.63) is 17.6 Å². The van der Waals surface area contributed by atoms with Gasteiger partial charge in [-0.05, 0) is 12.8 Å². The number of nitrogens with two attached hydrogens (primary N) is 1. The molecule has 6 nitrogen and oxygen atoms in total. The number of hydrogen-bond acceptors (Lipinski definition) is 7. The summed E-state index contributed by atoms with van der Waals surface area (Å²) >= 11 is 1.49. The van der Waals surface area contributed by atoms with Gasteiger partial charge in [-0.25, -0.2) is 0 Å². The largest absolute Gasteiger partial charge is 0.381 e. The lowest BCUT2D eigenvalue weighted by Crippen LogP contribution is -2.40. The van der Waals surface area contributed by atoms with Crippen molar-refractivity contribution in [2.24, 2.45) is 5.73 Å². The Morgan fingerprint density at radius 2 is 2.22 bits per heavy atom. The predicted octanol–water partition coefficient (Wildman–Crippen LogP) is 1.20. The third-order valence-electron chi connectivity index (χ3n) is 3.37. The quantitative estimate of drug-likeness (QED) is 0.898. The van der Waals surface area contributed by atoms with Gasteiger partial charge in [0.05, 0.1) is 15.8 Å². The van der Waals surface area contributed by atoms with Gasteiger partial charge in [0.25, 0.3) is 0 Å². The van der Waals surface area contributed by atoms with Gasteiger partial charge >= 0.3 is 0 Å². The van der Waals surface area contributed by atoms with Crippen molar-refractivity contribution in [3.63, 3.8) is 0 Å². The standard InChI is InChI=1S/C11H14N4O2S/c12-6-11(1-3-16-4-2-11)10-14-9(15-17-10)8-5-13-7-18-8/h5,7H,1-4,6,12H2. The summed E-state index contributed by atoms with van der Waals surface area (Å²) in [5.41, 5.74) is 7.43. The van der Waals surface area contributed by atoms with Gasteiger partial charge in [0.15, 0.2) is 0 Å². The normalized spacial score (nSPS) is 18.9. The number of nitrogens with zero attached hydrogens (tertiary/aromatic N) is 3. The molecule has 1 aliphatic rings. The molecule has 0 spiro atoms. The van der Waals surface area contributed by atoms with Crippen LogP contribution in [0, 0.1) is 0 Å². The molecule has 0 unspecified atom stereocenters. The molecule has 0 radical (unpaired) electrons. The fourth-order valence-corrected chi connectivity index (χ4v) is 2.68. The topological polar surface area (TPSA) is 87.1 Å². The highest BCUT2D eigenvalue weighted by molar-refractivity contribution is 7.13. The van der Waals surface area contributed by atoms with Crippen LogP contribution in [0.1, 0.15) is 18.7 Å². The number of ether oxygens (including phenoxy) is 1. The summed E-state index contributed by atoms with van der Waals surface area (Å²) in [6, 6.07) is 0. The van der Waals surface area contributed by atoms with E-state index in [-0.39, 0.29) is 5.41 Å². The van der Waals surface area contributed by atoms with Crippen molar-refractivity contribution >= 4 is 11.3 Å². The van der Waals surface area contributed by atoms with E-state index in [9.17, 15) is 0 Å². The summed E-state index contributed by atoms with van der Waals surface area (Å²) in [6.07, 6.45) is 3.39. The Bertz CT molecular complexity index is 505. The number of thiazole rings is 1. The van der Waals surface area contributed by atoms with Gasteiger partial charge < -0.3 is 15.0 Å². The smallest absolute Gasteiger partial charge is 0.234 e. The van der Waals surface area contributed by atoms with Gasteiger partial charge in [0.1, 0.15) is 0 Å². The molecular weight excluding hydrogens is 252 g/mol. The van der Waals surface area contributed by atoms with E-state index in [0.29, 0.717) is 31.5 Å². The van der Waals surface area contributed by atoms with Gasteiger partial charge in [-0.2, -0.15) is 4.98 Å². The molecule has 2 N–H and O–H groups in total.